The molecule has 0 saturated heterocycles. The second-order valence-electron chi connectivity index (χ2n) is 1.54. The molecule has 0 rings (SSSR count). The molecule has 0 aliphatic carbocycles. The van der Waals surface area contributed by atoms with Crippen LogP contribution in [0.4, 0.5) is 0 Å². The smallest absolute Gasteiger partial charge is 0.790 e. The molecule has 1 atom stereocenters. The summed E-state index contributed by atoms with van der Waals surface area (Å²) in [5, 5.41) is 8.51. The molecule has 0 aliphatic rings. The van der Waals surface area contributed by atoms with E-state index < -0.39 is 22.0 Å². The van der Waals surface area contributed by atoms with Gasteiger partial charge in [-0.25, -0.2) is 8.42 Å². The van der Waals surface area contributed by atoms with Crippen LogP contribution in [0.25, 0.3) is 0 Å². The molecule has 0 aromatic carbocycles. The van der Waals surface area contributed by atoms with Gasteiger partial charge in [0, 0.05) is 6.10 Å². The molecule has 0 spiro atoms. The van der Waals surface area contributed by atoms with Crippen LogP contribution in [-0.2, 0) is 45.1 Å². The summed E-state index contributed by atoms with van der Waals surface area (Å²) >= 11 is 4.29. The Morgan fingerprint density at radius 1 is 1.55 bits per heavy atom. The topological polar surface area (TPSA) is 77.4 Å². The molecular formula is C3H6AgNaO4S2. The predicted octanol–water partition coefficient (Wildman–Crippen LogP) is -4.56. The van der Waals surface area contributed by atoms with E-state index in [4.69, 9.17) is 5.11 Å². The molecule has 0 heterocycles. The summed E-state index contributed by atoms with van der Waals surface area (Å²) in [6.07, 6.45) is -1.19. The molecule has 4 nitrogen and oxygen atoms in total. The summed E-state index contributed by atoms with van der Waals surface area (Å²) in [4.78, 5) is 0. The number of aliphatic hydroxyl groups is 1. The Morgan fingerprint density at radius 2 is 1.91 bits per heavy atom. The molecule has 1 unspecified atom stereocenters. The normalized spacial score (nSPS) is 12.6. The molecule has 0 aromatic heterocycles. The summed E-state index contributed by atoms with van der Waals surface area (Å²) < 4.78 is 29.5. The van der Waals surface area contributed by atoms with E-state index in [2.05, 4.69) is 12.6 Å². The molecule has 0 aliphatic heterocycles. The fourth-order valence-corrected chi connectivity index (χ4v) is 1.14. The Labute approximate surface area is 109 Å². The first kappa shape index (κ1) is 18.7. The van der Waals surface area contributed by atoms with Crippen molar-refractivity contribution < 1.29 is 70.0 Å². The zero-order chi connectivity index (χ0) is 7.49. The van der Waals surface area contributed by atoms with Gasteiger partial charge in [0.05, 0.1) is 15.9 Å². The van der Waals surface area contributed by atoms with E-state index >= 15 is 0 Å². The van der Waals surface area contributed by atoms with Crippen molar-refractivity contribution in [2.24, 2.45) is 0 Å². The Balaban J connectivity index is -0.000000320. The van der Waals surface area contributed by atoms with Crippen molar-refractivity contribution in [2.45, 2.75) is 6.10 Å². The summed E-state index contributed by atoms with van der Waals surface area (Å²) in [5.41, 5.74) is 0. The van der Waals surface area contributed by atoms with Gasteiger partial charge in [-0.1, -0.05) is 0 Å². The van der Waals surface area contributed by atoms with Gasteiger partial charge >= 0.3 is 51.9 Å². The van der Waals surface area contributed by atoms with Crippen molar-refractivity contribution in [3.8, 4) is 0 Å². The van der Waals surface area contributed by atoms with Crippen LogP contribution in [0, 0.1) is 0 Å². The summed E-state index contributed by atoms with van der Waals surface area (Å²) in [7, 11) is -4.30. The zero-order valence-corrected chi connectivity index (χ0v) is 10.9. The average Bonchev–Trinajstić information content (AvgIpc) is 1.62. The van der Waals surface area contributed by atoms with Crippen LogP contribution in [0.15, 0.2) is 0 Å². The zero-order valence-electron chi connectivity index (χ0n) is 5.78. The van der Waals surface area contributed by atoms with E-state index in [1.54, 1.807) is 0 Å². The summed E-state index contributed by atoms with van der Waals surface area (Å²) in [6, 6.07) is 0. The number of aliphatic hydroxyl groups excluding tert-OH is 1. The molecule has 0 fully saturated rings. The van der Waals surface area contributed by atoms with Crippen LogP contribution in [0.5, 0.6) is 0 Å². The van der Waals surface area contributed by atoms with E-state index in [-0.39, 0.29) is 57.7 Å². The molecule has 1 N–H and O–H groups in total. The van der Waals surface area contributed by atoms with Crippen molar-refractivity contribution in [3.63, 3.8) is 0 Å². The SMILES string of the molecule is O=S(=O)([O-])CC(O)C[S-].[Ag+].[Na+]. The van der Waals surface area contributed by atoms with Gasteiger partial charge in [-0.2, -0.15) is 0 Å². The van der Waals surface area contributed by atoms with Crippen molar-refractivity contribution in [1.29, 1.82) is 0 Å². The molecule has 0 bridgehead atoms. The first-order valence-corrected chi connectivity index (χ1v) is 4.31. The fourth-order valence-electron chi connectivity index (χ4n) is 0.284. The fraction of sp³-hybridized carbons (Fsp3) is 1.00. The van der Waals surface area contributed by atoms with Crippen molar-refractivity contribution >= 4 is 22.7 Å². The number of rotatable bonds is 3. The van der Waals surface area contributed by atoms with Gasteiger partial charge < -0.3 is 22.3 Å². The quantitative estimate of drug-likeness (QED) is 0.323. The van der Waals surface area contributed by atoms with E-state index in [0.29, 0.717) is 0 Å². The second kappa shape index (κ2) is 8.55. The molecule has 66 valence electrons. The van der Waals surface area contributed by atoms with Gasteiger partial charge in [0.15, 0.2) is 0 Å². The van der Waals surface area contributed by atoms with Gasteiger partial charge in [-0.15, -0.1) is 5.75 Å². The third kappa shape index (κ3) is 14.8. The maximum Gasteiger partial charge on any atom is 1.00 e. The predicted molar refractivity (Wildman–Crippen MR) is 32.8 cm³/mol. The molecule has 0 saturated carbocycles. The molecule has 0 radical (unpaired) electrons. The monoisotopic (exact) mass is 300 g/mol. The maximum atomic E-state index is 9.84. The third-order valence-electron chi connectivity index (χ3n) is 0.589. The standard InChI is InChI=1S/C3H8O4S2.Ag.Na/c4-3(1-8)2-9(5,6)7;;/h3-4,8H,1-2H2,(H,5,6,7);;/q;2*+1/p-2. The van der Waals surface area contributed by atoms with E-state index in [0.717, 1.165) is 0 Å². The number of hydrogen-bond acceptors (Lipinski definition) is 5. The molecule has 8 heteroatoms. The summed E-state index contributed by atoms with van der Waals surface area (Å²) in [6.45, 7) is 0. The van der Waals surface area contributed by atoms with Crippen LogP contribution >= 0.6 is 0 Å². The van der Waals surface area contributed by atoms with E-state index in [9.17, 15) is 13.0 Å². The average molecular weight is 301 g/mol. The van der Waals surface area contributed by atoms with Crippen LogP contribution < -0.4 is 29.6 Å². The van der Waals surface area contributed by atoms with Crippen molar-refractivity contribution in [2.75, 3.05) is 11.5 Å². The number of hydrogen-bond donors (Lipinski definition) is 1. The van der Waals surface area contributed by atoms with Crippen LogP contribution in [0.2, 0.25) is 0 Å². The minimum absolute atomic E-state index is 0. The van der Waals surface area contributed by atoms with Gasteiger partial charge in [-0.3, -0.25) is 0 Å². The maximum absolute atomic E-state index is 9.84. The Hall–Kier alpha value is 1.96. The first-order valence-electron chi connectivity index (χ1n) is 2.15. The molecule has 0 aromatic rings. The Kier molecular flexibility index (Phi) is 14.5. The molecule has 0 amide bonds. The van der Waals surface area contributed by atoms with Gasteiger partial charge in [0.1, 0.15) is 0 Å². The minimum Gasteiger partial charge on any atom is -0.790 e. The van der Waals surface area contributed by atoms with E-state index in [1.807, 2.05) is 0 Å². The molecular weight excluding hydrogens is 295 g/mol. The van der Waals surface area contributed by atoms with Crippen LogP contribution in [0.1, 0.15) is 0 Å². The molecule has 11 heavy (non-hydrogen) atoms. The van der Waals surface area contributed by atoms with Gasteiger partial charge in [0.25, 0.3) is 0 Å². The largest absolute Gasteiger partial charge is 1.00 e. The van der Waals surface area contributed by atoms with Gasteiger partial charge in [0.2, 0.25) is 0 Å². The third-order valence-corrected chi connectivity index (χ3v) is 1.77. The summed E-state index contributed by atoms with van der Waals surface area (Å²) in [5.74, 6) is -0.905. The minimum atomic E-state index is -4.30. The second-order valence-corrected chi connectivity index (χ2v) is 3.33. The first-order chi connectivity index (χ1) is 3.95. The van der Waals surface area contributed by atoms with Crippen molar-refractivity contribution in [3.05, 3.63) is 0 Å². The van der Waals surface area contributed by atoms with E-state index in [1.165, 1.54) is 0 Å². The van der Waals surface area contributed by atoms with Crippen LogP contribution in [0.3, 0.4) is 0 Å². The van der Waals surface area contributed by atoms with Gasteiger partial charge in [-0.05, 0) is 0 Å². The Bertz CT molecular complexity index is 170. The Morgan fingerprint density at radius 3 is 2.00 bits per heavy atom. The van der Waals surface area contributed by atoms with Crippen LogP contribution in [-0.4, -0.2) is 35.7 Å². The van der Waals surface area contributed by atoms with Crippen molar-refractivity contribution in [1.82, 2.24) is 0 Å².